The van der Waals surface area contributed by atoms with Gasteiger partial charge in [-0.2, -0.15) is 10.2 Å². The fraction of sp³-hybridized carbons (Fsp3) is 0.227. The maximum absolute atomic E-state index is 12.1. The second-order valence-electron chi connectivity index (χ2n) is 6.75. The van der Waals surface area contributed by atoms with Crippen molar-refractivity contribution in [3.8, 4) is 0 Å². The van der Waals surface area contributed by atoms with Crippen molar-refractivity contribution in [2.45, 2.75) is 26.8 Å². The minimum atomic E-state index is -0.308. The van der Waals surface area contributed by atoms with Crippen LogP contribution >= 0.6 is 23.2 Å². The molecule has 3 N–H and O–H groups in total. The van der Waals surface area contributed by atoms with Gasteiger partial charge in [0, 0.05) is 29.6 Å². The number of rotatable bonds is 7. The van der Waals surface area contributed by atoms with E-state index in [1.807, 2.05) is 27.0 Å². The average Bonchev–Trinajstić information content (AvgIpc) is 3.07. The molecule has 0 aromatic carbocycles. The molecule has 0 radical (unpaired) electrons. The van der Waals surface area contributed by atoms with Crippen LogP contribution in [0.15, 0.2) is 51.4 Å². The van der Waals surface area contributed by atoms with Crippen LogP contribution in [-0.2, 0) is 20.0 Å². The van der Waals surface area contributed by atoms with Gasteiger partial charge in [0.05, 0.1) is 27.6 Å². The molecule has 6 nitrogen and oxygen atoms in total. The summed E-state index contributed by atoms with van der Waals surface area (Å²) in [5, 5.41) is 12.5. The van der Waals surface area contributed by atoms with Gasteiger partial charge in [0.25, 0.3) is 5.56 Å². The maximum atomic E-state index is 12.1. The number of nitrogens with one attached hydrogen (secondary N) is 1. The lowest BCUT2D eigenvalue weighted by Gasteiger charge is -2.07. The van der Waals surface area contributed by atoms with Crippen molar-refractivity contribution in [2.75, 3.05) is 0 Å². The highest BCUT2D eigenvalue weighted by Crippen LogP contribution is 2.26. The van der Waals surface area contributed by atoms with Crippen LogP contribution in [0.5, 0.6) is 0 Å². The highest BCUT2D eigenvalue weighted by atomic mass is 35.5. The monoisotopic (exact) mass is 445 g/mol. The van der Waals surface area contributed by atoms with E-state index in [0.717, 1.165) is 16.8 Å². The Morgan fingerprint density at radius 2 is 2.07 bits per heavy atom. The number of aromatic nitrogens is 4. The fourth-order valence-corrected chi connectivity index (χ4v) is 3.22. The standard InChI is InChI=1S/C22H25Cl2N5O/c1-6-18(23)19(24)10-14(3)21-16(12-26-29(21)5)9-13(2)7-8-17-15(4)20(11-25)27-28-22(17)30/h6-8,10,12H,3-4,9,11,25H2,1-2,5H3,(H,28,30)/b13-7+,17-8+,18-6+,19-10+. The molecule has 0 aliphatic carbocycles. The molecule has 0 amide bonds. The van der Waals surface area contributed by atoms with Gasteiger partial charge in [-0.25, -0.2) is 5.10 Å². The zero-order valence-electron chi connectivity index (χ0n) is 17.3. The summed E-state index contributed by atoms with van der Waals surface area (Å²) in [5.74, 6) is 0. The van der Waals surface area contributed by atoms with Crippen molar-refractivity contribution in [2.24, 2.45) is 12.8 Å². The molecule has 0 aliphatic rings. The summed E-state index contributed by atoms with van der Waals surface area (Å²) in [6, 6.07) is 0. The normalized spacial score (nSPS) is 13.8. The molecule has 0 bridgehead atoms. The van der Waals surface area contributed by atoms with Gasteiger partial charge in [0.15, 0.2) is 0 Å². The molecule has 8 heteroatoms. The topological polar surface area (TPSA) is 89.6 Å². The lowest BCUT2D eigenvalue weighted by Crippen LogP contribution is -2.43. The summed E-state index contributed by atoms with van der Waals surface area (Å²) in [4.78, 5) is 12.1. The highest BCUT2D eigenvalue weighted by molar-refractivity contribution is 6.44. The molecule has 0 saturated carbocycles. The number of aromatic amines is 1. The minimum Gasteiger partial charge on any atom is -0.325 e. The molecule has 2 aromatic rings. The van der Waals surface area contributed by atoms with E-state index in [9.17, 15) is 4.79 Å². The molecular formula is C22H25Cl2N5O. The van der Waals surface area contributed by atoms with Crippen molar-refractivity contribution in [3.05, 3.63) is 84.4 Å². The van der Waals surface area contributed by atoms with Gasteiger partial charge in [-0.3, -0.25) is 9.48 Å². The Balaban J connectivity index is 2.38. The molecule has 0 spiro atoms. The number of allylic oxidation sites excluding steroid dienone is 7. The van der Waals surface area contributed by atoms with Gasteiger partial charge in [-0.15, -0.1) is 0 Å². The third kappa shape index (κ3) is 5.48. The highest BCUT2D eigenvalue weighted by Gasteiger charge is 2.12. The van der Waals surface area contributed by atoms with Crippen molar-refractivity contribution < 1.29 is 0 Å². The molecule has 0 unspecified atom stereocenters. The quantitative estimate of drug-likeness (QED) is 0.640. The maximum Gasteiger partial charge on any atom is 0.272 e. The van der Waals surface area contributed by atoms with E-state index >= 15 is 0 Å². The molecular weight excluding hydrogens is 421 g/mol. The summed E-state index contributed by atoms with van der Waals surface area (Å²) in [6.07, 6.45) is 9.43. The molecule has 2 rings (SSSR count). The Morgan fingerprint density at radius 1 is 1.37 bits per heavy atom. The van der Waals surface area contributed by atoms with Gasteiger partial charge in [0.1, 0.15) is 0 Å². The third-order valence-electron chi connectivity index (χ3n) is 4.51. The second-order valence-corrected chi connectivity index (χ2v) is 7.56. The smallest absolute Gasteiger partial charge is 0.272 e. The largest absolute Gasteiger partial charge is 0.325 e. The molecule has 0 aliphatic heterocycles. The average molecular weight is 446 g/mol. The predicted octanol–water partition coefficient (Wildman–Crippen LogP) is 2.62. The van der Waals surface area contributed by atoms with Gasteiger partial charge in [-0.05, 0) is 38.0 Å². The van der Waals surface area contributed by atoms with Gasteiger partial charge in [0.2, 0.25) is 0 Å². The summed E-state index contributed by atoms with van der Waals surface area (Å²) in [6.45, 7) is 12.0. The number of H-pyrrole nitrogens is 1. The molecule has 0 saturated heterocycles. The van der Waals surface area contributed by atoms with Crippen molar-refractivity contribution in [1.82, 2.24) is 20.0 Å². The summed E-state index contributed by atoms with van der Waals surface area (Å²) < 4.78 is 1.74. The number of aryl methyl sites for hydroxylation is 1. The van der Waals surface area contributed by atoms with Crippen LogP contribution in [0.3, 0.4) is 0 Å². The Labute approximate surface area is 185 Å². The van der Waals surface area contributed by atoms with E-state index in [0.29, 0.717) is 38.2 Å². The van der Waals surface area contributed by atoms with Crippen LogP contribution in [0.1, 0.15) is 30.8 Å². The van der Waals surface area contributed by atoms with E-state index in [4.69, 9.17) is 28.9 Å². The van der Waals surface area contributed by atoms with Crippen LogP contribution < -0.4 is 21.7 Å². The van der Waals surface area contributed by atoms with Crippen LogP contribution in [0.4, 0.5) is 0 Å². The number of nitrogens with two attached hydrogens (primary N) is 1. The molecule has 0 atom stereocenters. The summed E-state index contributed by atoms with van der Waals surface area (Å²) in [5.41, 5.74) is 9.43. The molecule has 158 valence electrons. The van der Waals surface area contributed by atoms with Gasteiger partial charge < -0.3 is 5.73 Å². The Hall–Kier alpha value is -2.67. The van der Waals surface area contributed by atoms with Crippen LogP contribution in [0.25, 0.3) is 18.2 Å². The zero-order valence-corrected chi connectivity index (χ0v) is 18.8. The molecule has 2 heterocycles. The first-order chi connectivity index (χ1) is 14.2. The minimum absolute atomic E-state index is 0.202. The first kappa shape index (κ1) is 23.6. The number of nitrogens with zero attached hydrogens (tertiary/aromatic N) is 3. The van der Waals surface area contributed by atoms with E-state index in [2.05, 4.69) is 28.5 Å². The molecule has 0 fully saturated rings. The van der Waals surface area contributed by atoms with Crippen LogP contribution in [-0.4, -0.2) is 20.0 Å². The molecule has 2 aromatic heterocycles. The Kier molecular flexibility index (Phi) is 8.17. The van der Waals surface area contributed by atoms with Gasteiger partial charge >= 0.3 is 0 Å². The van der Waals surface area contributed by atoms with E-state index in [1.54, 1.807) is 29.1 Å². The Bertz CT molecular complexity index is 1220. The molecule has 30 heavy (non-hydrogen) atoms. The number of halogens is 2. The zero-order chi connectivity index (χ0) is 22.4. The SMILES string of the molecule is C=C(/C=C(Cl)\C(Cl)=C/C)c1c(C/C(C)=C/C=c2/c(=O)[nH]nc(CN)c2=C)cnn1C. The van der Waals surface area contributed by atoms with Crippen molar-refractivity contribution in [1.29, 1.82) is 0 Å². The van der Waals surface area contributed by atoms with Crippen LogP contribution in [0, 0.1) is 0 Å². The van der Waals surface area contributed by atoms with E-state index in [-0.39, 0.29) is 12.1 Å². The predicted molar refractivity (Wildman–Crippen MR) is 125 cm³/mol. The number of hydrogen-bond acceptors (Lipinski definition) is 4. The second kappa shape index (κ2) is 10.4. The summed E-state index contributed by atoms with van der Waals surface area (Å²) in [7, 11) is 1.84. The fourth-order valence-electron chi connectivity index (χ4n) is 2.92. The first-order valence-corrected chi connectivity index (χ1v) is 9.98. The lowest BCUT2D eigenvalue weighted by molar-refractivity contribution is 0.756. The van der Waals surface area contributed by atoms with Crippen molar-refractivity contribution in [3.63, 3.8) is 0 Å². The first-order valence-electron chi connectivity index (χ1n) is 9.23. The number of hydrogen-bond donors (Lipinski definition) is 2. The van der Waals surface area contributed by atoms with Crippen molar-refractivity contribution >= 4 is 41.4 Å². The van der Waals surface area contributed by atoms with E-state index in [1.165, 1.54) is 0 Å². The van der Waals surface area contributed by atoms with Gasteiger partial charge in [-0.1, -0.05) is 54.1 Å². The summed E-state index contributed by atoms with van der Waals surface area (Å²) >= 11 is 12.3. The third-order valence-corrected chi connectivity index (χ3v) is 5.34. The lowest BCUT2D eigenvalue weighted by atomic mass is 10.0. The van der Waals surface area contributed by atoms with Crippen LogP contribution in [0.2, 0.25) is 0 Å². The van der Waals surface area contributed by atoms with E-state index < -0.39 is 0 Å². The Morgan fingerprint density at radius 3 is 2.70 bits per heavy atom.